The van der Waals surface area contributed by atoms with Gasteiger partial charge in [0.2, 0.25) is 0 Å². The number of nitrogens with zero attached hydrogens (tertiary/aromatic N) is 4. The molecule has 0 aliphatic rings. The highest BCUT2D eigenvalue weighted by Gasteiger charge is 2.18. The number of anilines is 2. The van der Waals surface area contributed by atoms with Crippen LogP contribution in [0.15, 0.2) is 36.7 Å². The molecule has 0 unspecified atom stereocenters. The maximum atomic E-state index is 12.0. The van der Waals surface area contributed by atoms with Crippen LogP contribution in [0.1, 0.15) is 51.9 Å². The van der Waals surface area contributed by atoms with Gasteiger partial charge in [-0.15, -0.1) is 0 Å². The van der Waals surface area contributed by atoms with E-state index >= 15 is 0 Å². The van der Waals surface area contributed by atoms with Gasteiger partial charge in [0, 0.05) is 6.04 Å². The maximum Gasteiger partial charge on any atom is 0.413 e. The van der Waals surface area contributed by atoms with Crippen molar-refractivity contribution in [2.24, 2.45) is 0 Å². The summed E-state index contributed by atoms with van der Waals surface area (Å²) in [5.74, 6) is 1.44. The van der Waals surface area contributed by atoms with Crippen LogP contribution in [0.3, 0.4) is 0 Å². The van der Waals surface area contributed by atoms with Crippen molar-refractivity contribution in [3.05, 3.63) is 47.9 Å². The largest absolute Gasteiger partial charge is 0.494 e. The van der Waals surface area contributed by atoms with Gasteiger partial charge >= 0.3 is 6.09 Å². The molecule has 0 aliphatic heterocycles. The minimum Gasteiger partial charge on any atom is -0.494 e. The first kappa shape index (κ1) is 25.0. The van der Waals surface area contributed by atoms with E-state index in [9.17, 15) is 4.79 Å². The Labute approximate surface area is 199 Å². The lowest BCUT2D eigenvalue weighted by molar-refractivity contribution is 0.0635. The van der Waals surface area contributed by atoms with Crippen molar-refractivity contribution in [2.75, 3.05) is 18.2 Å². The van der Waals surface area contributed by atoms with Crippen molar-refractivity contribution in [2.45, 2.75) is 59.5 Å². The molecule has 1 amide bonds. The molecule has 3 N–H and O–H groups in total. The number of nitrogen functional groups attached to an aromatic ring is 1. The van der Waals surface area contributed by atoms with E-state index in [0.29, 0.717) is 34.3 Å². The zero-order valence-corrected chi connectivity index (χ0v) is 20.5. The van der Waals surface area contributed by atoms with Crippen molar-refractivity contribution in [1.29, 1.82) is 0 Å². The summed E-state index contributed by atoms with van der Waals surface area (Å²) in [6.07, 6.45) is 1.12. The van der Waals surface area contributed by atoms with Gasteiger partial charge in [0.05, 0.1) is 37.3 Å². The molecule has 2 heterocycles. The Morgan fingerprint density at radius 2 is 1.97 bits per heavy atom. The average molecular weight is 469 g/mol. The number of nitrogens with two attached hydrogens (primary N) is 1. The van der Waals surface area contributed by atoms with Gasteiger partial charge in [0.15, 0.2) is 11.6 Å². The van der Waals surface area contributed by atoms with Gasteiger partial charge in [-0.3, -0.25) is 5.32 Å². The number of benzene rings is 1. The zero-order chi connectivity index (χ0) is 24.9. The second kappa shape index (κ2) is 10.5. The van der Waals surface area contributed by atoms with Crippen molar-refractivity contribution in [3.8, 4) is 17.1 Å². The van der Waals surface area contributed by atoms with Crippen LogP contribution in [-0.2, 0) is 22.7 Å². The summed E-state index contributed by atoms with van der Waals surface area (Å²) < 4.78 is 18.4. The van der Waals surface area contributed by atoms with E-state index in [1.54, 1.807) is 57.1 Å². The number of ether oxygens (including phenoxy) is 3. The first-order valence-corrected chi connectivity index (χ1v) is 11.0. The number of hydrogen-bond acceptors (Lipinski definition) is 8. The third kappa shape index (κ3) is 6.67. The Balaban J connectivity index is 1.68. The van der Waals surface area contributed by atoms with Crippen LogP contribution in [0.2, 0.25) is 0 Å². The molecule has 3 rings (SSSR count). The number of rotatable bonds is 8. The fraction of sp³-hybridized carbons (Fsp3) is 0.417. The van der Waals surface area contributed by atoms with E-state index in [1.807, 2.05) is 26.0 Å². The van der Waals surface area contributed by atoms with E-state index in [-0.39, 0.29) is 19.3 Å². The van der Waals surface area contributed by atoms with Crippen LogP contribution >= 0.6 is 0 Å². The van der Waals surface area contributed by atoms with E-state index < -0.39 is 11.7 Å². The highest BCUT2D eigenvalue weighted by Crippen LogP contribution is 2.35. The summed E-state index contributed by atoms with van der Waals surface area (Å²) in [6.45, 7) is 9.98. The van der Waals surface area contributed by atoms with Gasteiger partial charge in [0.25, 0.3) is 0 Å². The fourth-order valence-corrected chi connectivity index (χ4v) is 3.15. The van der Waals surface area contributed by atoms with Crippen LogP contribution < -0.4 is 15.8 Å². The molecule has 10 heteroatoms. The van der Waals surface area contributed by atoms with Crippen molar-refractivity contribution < 1.29 is 19.0 Å². The van der Waals surface area contributed by atoms with E-state index in [1.165, 1.54) is 0 Å². The number of nitrogens with one attached hydrogen (secondary N) is 1. The number of amides is 1. The summed E-state index contributed by atoms with van der Waals surface area (Å²) in [5, 5.41) is 7.16. The summed E-state index contributed by atoms with van der Waals surface area (Å²) >= 11 is 0. The second-order valence-corrected chi connectivity index (χ2v) is 9.04. The van der Waals surface area contributed by atoms with Gasteiger partial charge < -0.3 is 19.9 Å². The summed E-state index contributed by atoms with van der Waals surface area (Å²) in [4.78, 5) is 20.8. The molecule has 3 aromatic rings. The van der Waals surface area contributed by atoms with Crippen LogP contribution in [0.25, 0.3) is 11.4 Å². The van der Waals surface area contributed by atoms with E-state index in [4.69, 9.17) is 19.9 Å². The van der Waals surface area contributed by atoms with Crippen LogP contribution in [0, 0.1) is 0 Å². The van der Waals surface area contributed by atoms with Crippen LogP contribution in [0.4, 0.5) is 16.3 Å². The molecule has 0 saturated heterocycles. The monoisotopic (exact) mass is 468 g/mol. The lowest BCUT2D eigenvalue weighted by Crippen LogP contribution is -2.27. The average Bonchev–Trinajstić information content (AvgIpc) is 3.23. The summed E-state index contributed by atoms with van der Waals surface area (Å²) in [7, 11) is 1.56. The minimum atomic E-state index is -0.591. The van der Waals surface area contributed by atoms with Crippen molar-refractivity contribution in [3.63, 3.8) is 0 Å². The van der Waals surface area contributed by atoms with Gasteiger partial charge in [-0.1, -0.05) is 6.07 Å². The molecule has 182 valence electrons. The zero-order valence-electron chi connectivity index (χ0n) is 20.5. The van der Waals surface area contributed by atoms with E-state index in [0.717, 1.165) is 5.56 Å². The SMILES string of the molecule is COc1c(N)cc(COCc2cccc(NC(=O)OC(C)(C)C)n2)cc1-c1ncn(C(C)C)n1. The number of carbonyl (C=O) groups excluding carboxylic acids is 1. The quantitative estimate of drug-likeness (QED) is 0.460. The smallest absolute Gasteiger partial charge is 0.413 e. The molecule has 0 radical (unpaired) electrons. The number of methoxy groups -OCH3 is 1. The lowest BCUT2D eigenvalue weighted by atomic mass is 10.1. The molecule has 10 nitrogen and oxygen atoms in total. The Bertz CT molecular complexity index is 1140. The minimum absolute atomic E-state index is 0.184. The molecule has 1 aromatic carbocycles. The van der Waals surface area contributed by atoms with Crippen LogP contribution in [-0.4, -0.2) is 38.6 Å². The molecular weight excluding hydrogens is 436 g/mol. The standard InChI is InChI=1S/C24H32N6O4/c1-15(2)30-14-26-22(29-30)18-10-16(11-19(25)21(18)32-6)12-33-13-17-8-7-9-20(27-17)28-23(31)34-24(3,4)5/h7-11,14-15H,12-13,25H2,1-6H3,(H,27,28,31). The predicted molar refractivity (Wildman–Crippen MR) is 129 cm³/mol. The summed E-state index contributed by atoms with van der Waals surface area (Å²) in [5.41, 5.74) is 8.31. The topological polar surface area (TPSA) is 126 Å². The van der Waals surface area contributed by atoms with Gasteiger partial charge in [-0.05, 0) is 64.4 Å². The third-order valence-corrected chi connectivity index (χ3v) is 4.61. The Hall–Kier alpha value is -3.66. The molecule has 0 spiro atoms. The maximum absolute atomic E-state index is 12.0. The Kier molecular flexibility index (Phi) is 7.72. The number of aromatic nitrogens is 4. The molecule has 0 atom stereocenters. The molecule has 0 fully saturated rings. The lowest BCUT2D eigenvalue weighted by Gasteiger charge is -2.19. The second-order valence-electron chi connectivity index (χ2n) is 9.04. The number of carbonyl (C=O) groups is 1. The normalized spacial score (nSPS) is 11.5. The van der Waals surface area contributed by atoms with Gasteiger partial charge in [-0.2, -0.15) is 5.10 Å². The highest BCUT2D eigenvalue weighted by atomic mass is 16.6. The van der Waals surface area contributed by atoms with E-state index in [2.05, 4.69) is 20.4 Å². The third-order valence-electron chi connectivity index (χ3n) is 4.61. The molecule has 0 aliphatic carbocycles. The number of pyridine rings is 1. The van der Waals surface area contributed by atoms with Crippen molar-refractivity contribution in [1.82, 2.24) is 19.7 Å². The van der Waals surface area contributed by atoms with Crippen LogP contribution in [0.5, 0.6) is 5.75 Å². The Morgan fingerprint density at radius 1 is 1.21 bits per heavy atom. The predicted octanol–water partition coefficient (Wildman–Crippen LogP) is 4.58. The highest BCUT2D eigenvalue weighted by molar-refractivity contribution is 5.83. The first-order chi connectivity index (χ1) is 16.1. The Morgan fingerprint density at radius 3 is 2.62 bits per heavy atom. The van der Waals surface area contributed by atoms with Gasteiger partial charge in [0.1, 0.15) is 17.7 Å². The molecule has 2 aromatic heterocycles. The first-order valence-electron chi connectivity index (χ1n) is 11.0. The molecule has 0 saturated carbocycles. The fourth-order valence-electron chi connectivity index (χ4n) is 3.15. The molecular formula is C24H32N6O4. The van der Waals surface area contributed by atoms with Crippen molar-refractivity contribution >= 4 is 17.6 Å². The molecule has 34 heavy (non-hydrogen) atoms. The summed E-state index contributed by atoms with van der Waals surface area (Å²) in [6, 6.07) is 9.19. The molecule has 0 bridgehead atoms. The number of hydrogen-bond donors (Lipinski definition) is 2. The van der Waals surface area contributed by atoms with Gasteiger partial charge in [-0.25, -0.2) is 19.4 Å².